The summed E-state index contributed by atoms with van der Waals surface area (Å²) in [6, 6.07) is 5.11. The third-order valence-corrected chi connectivity index (χ3v) is 3.18. The number of aromatic nitrogens is 2. The molecule has 1 heterocycles. The van der Waals surface area contributed by atoms with Gasteiger partial charge >= 0.3 is 0 Å². The quantitative estimate of drug-likeness (QED) is 0.752. The van der Waals surface area contributed by atoms with Gasteiger partial charge in [0.2, 0.25) is 0 Å². The van der Waals surface area contributed by atoms with Crippen molar-refractivity contribution in [2.24, 2.45) is 0 Å². The fourth-order valence-corrected chi connectivity index (χ4v) is 1.88. The number of carbonyl (C=O) groups is 1. The van der Waals surface area contributed by atoms with Crippen LogP contribution in [-0.4, -0.2) is 22.4 Å². The number of rotatable bonds is 4. The summed E-state index contributed by atoms with van der Waals surface area (Å²) >= 11 is 3.30. The van der Waals surface area contributed by atoms with Crippen LogP contribution in [0.4, 0.5) is 5.69 Å². The van der Waals surface area contributed by atoms with E-state index in [9.17, 15) is 4.79 Å². The van der Waals surface area contributed by atoms with Gasteiger partial charge in [-0.05, 0) is 34.1 Å². The van der Waals surface area contributed by atoms with Crippen LogP contribution in [0.25, 0.3) is 0 Å². The molecule has 2 aromatic rings. The molecule has 18 heavy (non-hydrogen) atoms. The Kier molecular flexibility index (Phi) is 3.99. The van der Waals surface area contributed by atoms with Crippen LogP contribution in [0.15, 0.2) is 35.2 Å². The molecule has 0 saturated heterocycles. The Hall–Kier alpha value is -1.82. The van der Waals surface area contributed by atoms with Gasteiger partial charge in [-0.15, -0.1) is 0 Å². The first kappa shape index (κ1) is 12.6. The molecule has 0 spiro atoms. The molecule has 0 unspecified atom stereocenters. The number of nitrogens with two attached hydrogens (primary N) is 1. The van der Waals surface area contributed by atoms with E-state index in [2.05, 4.69) is 31.2 Å². The monoisotopic (exact) mass is 308 g/mol. The van der Waals surface area contributed by atoms with Crippen molar-refractivity contribution in [2.45, 2.75) is 6.42 Å². The third-order valence-electron chi connectivity index (χ3n) is 2.50. The lowest BCUT2D eigenvalue weighted by Crippen LogP contribution is -2.25. The van der Waals surface area contributed by atoms with Crippen LogP contribution in [-0.2, 0) is 6.42 Å². The molecule has 0 bridgehead atoms. The van der Waals surface area contributed by atoms with E-state index < -0.39 is 0 Å². The highest BCUT2D eigenvalue weighted by atomic mass is 79.9. The fourth-order valence-electron chi connectivity index (χ4n) is 1.50. The summed E-state index contributed by atoms with van der Waals surface area (Å²) in [6.45, 7) is 0.559. The lowest BCUT2D eigenvalue weighted by atomic mass is 10.2. The number of hydrogen-bond donors (Lipinski definition) is 3. The van der Waals surface area contributed by atoms with Crippen molar-refractivity contribution in [3.8, 4) is 0 Å². The Morgan fingerprint density at radius 2 is 2.33 bits per heavy atom. The summed E-state index contributed by atoms with van der Waals surface area (Å²) in [4.78, 5) is 18.7. The molecule has 6 heteroatoms. The summed E-state index contributed by atoms with van der Waals surface area (Å²) < 4.78 is 0.726. The molecule has 0 saturated carbocycles. The molecular formula is C12H13BrN4O. The largest absolute Gasteiger partial charge is 0.398 e. The average molecular weight is 309 g/mol. The van der Waals surface area contributed by atoms with Crippen molar-refractivity contribution in [1.29, 1.82) is 0 Å². The SMILES string of the molecule is Nc1ccc(C(=O)NCCc2cnc[nH]2)cc1Br. The number of benzene rings is 1. The molecule has 0 atom stereocenters. The van der Waals surface area contributed by atoms with Gasteiger partial charge < -0.3 is 16.0 Å². The van der Waals surface area contributed by atoms with Gasteiger partial charge in [-0.3, -0.25) is 4.79 Å². The Morgan fingerprint density at radius 3 is 3.00 bits per heavy atom. The fraction of sp³-hybridized carbons (Fsp3) is 0.167. The Balaban J connectivity index is 1.89. The van der Waals surface area contributed by atoms with Gasteiger partial charge in [0.1, 0.15) is 0 Å². The highest BCUT2D eigenvalue weighted by Crippen LogP contribution is 2.20. The van der Waals surface area contributed by atoms with Gasteiger partial charge in [-0.1, -0.05) is 0 Å². The molecule has 1 aromatic carbocycles. The van der Waals surface area contributed by atoms with Crippen molar-refractivity contribution in [3.63, 3.8) is 0 Å². The standard InChI is InChI=1S/C12H13BrN4O/c13-10-5-8(1-2-11(10)14)12(18)16-4-3-9-6-15-7-17-9/h1-2,5-7H,3-4,14H2,(H,15,17)(H,16,18). The Morgan fingerprint density at radius 1 is 1.50 bits per heavy atom. The summed E-state index contributed by atoms with van der Waals surface area (Å²) in [6.07, 6.45) is 4.09. The zero-order valence-electron chi connectivity index (χ0n) is 9.61. The molecule has 0 fully saturated rings. The van der Waals surface area contributed by atoms with Crippen LogP contribution >= 0.6 is 15.9 Å². The summed E-state index contributed by atoms with van der Waals surface area (Å²) in [5.74, 6) is -0.116. The third kappa shape index (κ3) is 3.10. The summed E-state index contributed by atoms with van der Waals surface area (Å²) in [7, 11) is 0. The van der Waals surface area contributed by atoms with E-state index in [4.69, 9.17) is 5.73 Å². The number of H-pyrrole nitrogens is 1. The van der Waals surface area contributed by atoms with E-state index in [1.807, 2.05) is 0 Å². The first-order valence-electron chi connectivity index (χ1n) is 5.47. The number of carbonyl (C=O) groups excluding carboxylic acids is 1. The maximum absolute atomic E-state index is 11.8. The maximum atomic E-state index is 11.8. The second kappa shape index (κ2) is 5.68. The highest BCUT2D eigenvalue weighted by molar-refractivity contribution is 9.10. The molecule has 0 aliphatic carbocycles. The van der Waals surface area contributed by atoms with Crippen LogP contribution < -0.4 is 11.1 Å². The van der Waals surface area contributed by atoms with Crippen molar-refractivity contribution in [2.75, 3.05) is 12.3 Å². The molecule has 0 aliphatic heterocycles. The molecule has 0 aliphatic rings. The van der Waals surface area contributed by atoms with E-state index in [0.29, 0.717) is 17.8 Å². The normalized spacial score (nSPS) is 10.3. The average Bonchev–Trinajstić information content (AvgIpc) is 2.85. The molecular weight excluding hydrogens is 296 g/mol. The minimum Gasteiger partial charge on any atom is -0.398 e. The van der Waals surface area contributed by atoms with E-state index in [1.165, 1.54) is 0 Å². The van der Waals surface area contributed by atoms with Crippen LogP contribution in [0.2, 0.25) is 0 Å². The summed E-state index contributed by atoms with van der Waals surface area (Å²) in [5, 5.41) is 2.84. The maximum Gasteiger partial charge on any atom is 0.251 e. The number of aromatic amines is 1. The van der Waals surface area contributed by atoms with Gasteiger partial charge in [-0.2, -0.15) is 0 Å². The van der Waals surface area contributed by atoms with Crippen LogP contribution in [0.3, 0.4) is 0 Å². The van der Waals surface area contributed by atoms with Crippen LogP contribution in [0, 0.1) is 0 Å². The number of nitrogens with one attached hydrogen (secondary N) is 2. The zero-order valence-corrected chi connectivity index (χ0v) is 11.2. The second-order valence-electron chi connectivity index (χ2n) is 3.82. The van der Waals surface area contributed by atoms with Crippen molar-refractivity contribution in [3.05, 3.63) is 46.5 Å². The molecule has 5 nitrogen and oxygen atoms in total. The molecule has 0 radical (unpaired) electrons. The Bertz CT molecular complexity index is 539. The van der Waals surface area contributed by atoms with Gasteiger partial charge in [0.25, 0.3) is 5.91 Å². The number of nitrogens with zero attached hydrogens (tertiary/aromatic N) is 1. The van der Waals surface area contributed by atoms with E-state index in [0.717, 1.165) is 16.6 Å². The number of anilines is 1. The first-order chi connectivity index (χ1) is 8.66. The highest BCUT2D eigenvalue weighted by Gasteiger charge is 2.06. The molecule has 4 N–H and O–H groups in total. The lowest BCUT2D eigenvalue weighted by molar-refractivity contribution is 0.0954. The number of halogens is 1. The van der Waals surface area contributed by atoms with E-state index in [-0.39, 0.29) is 5.91 Å². The van der Waals surface area contributed by atoms with E-state index in [1.54, 1.807) is 30.7 Å². The van der Waals surface area contributed by atoms with Gasteiger partial charge in [0.05, 0.1) is 6.33 Å². The number of nitrogen functional groups attached to an aromatic ring is 1. The molecule has 94 valence electrons. The Labute approximate surface area is 113 Å². The van der Waals surface area contributed by atoms with Crippen LogP contribution in [0.1, 0.15) is 16.1 Å². The summed E-state index contributed by atoms with van der Waals surface area (Å²) in [5.41, 5.74) is 7.86. The minimum absolute atomic E-state index is 0.116. The molecule has 1 aromatic heterocycles. The van der Waals surface area contributed by atoms with Crippen molar-refractivity contribution >= 4 is 27.5 Å². The number of imidazole rings is 1. The number of hydrogen-bond acceptors (Lipinski definition) is 3. The van der Waals surface area contributed by atoms with E-state index >= 15 is 0 Å². The van der Waals surface area contributed by atoms with Crippen molar-refractivity contribution in [1.82, 2.24) is 15.3 Å². The topological polar surface area (TPSA) is 83.8 Å². The second-order valence-corrected chi connectivity index (χ2v) is 4.67. The molecule has 1 amide bonds. The molecule has 2 rings (SSSR count). The lowest BCUT2D eigenvalue weighted by Gasteiger charge is -2.05. The minimum atomic E-state index is -0.116. The number of amides is 1. The smallest absolute Gasteiger partial charge is 0.251 e. The van der Waals surface area contributed by atoms with Crippen molar-refractivity contribution < 1.29 is 4.79 Å². The van der Waals surface area contributed by atoms with Crippen LogP contribution in [0.5, 0.6) is 0 Å². The first-order valence-corrected chi connectivity index (χ1v) is 6.26. The van der Waals surface area contributed by atoms with Gasteiger partial charge in [0.15, 0.2) is 0 Å². The predicted octanol–water partition coefficient (Wildman–Crippen LogP) is 1.73. The predicted molar refractivity (Wildman–Crippen MR) is 73.2 cm³/mol. The van der Waals surface area contributed by atoms with Gasteiger partial charge in [-0.25, -0.2) is 4.98 Å². The zero-order chi connectivity index (χ0) is 13.0. The van der Waals surface area contributed by atoms with Gasteiger partial charge in [0, 0.05) is 40.6 Å².